The molecule has 6 nitrogen and oxygen atoms in total. The molecule has 0 aliphatic carbocycles. The van der Waals surface area contributed by atoms with E-state index in [1.807, 2.05) is 5.32 Å². The topological polar surface area (TPSA) is 91.3 Å². The summed E-state index contributed by atoms with van der Waals surface area (Å²) in [6, 6.07) is 0. The van der Waals surface area contributed by atoms with E-state index in [-0.39, 0.29) is 16.7 Å². The van der Waals surface area contributed by atoms with E-state index in [2.05, 4.69) is 10.3 Å². The molecule has 1 rings (SSSR count). The highest BCUT2D eigenvalue weighted by Crippen LogP contribution is 2.14. The summed E-state index contributed by atoms with van der Waals surface area (Å²) in [7, 11) is 1.48. The van der Waals surface area contributed by atoms with Crippen LogP contribution in [0.15, 0.2) is 5.38 Å². The van der Waals surface area contributed by atoms with Crippen molar-refractivity contribution in [1.29, 1.82) is 0 Å². The van der Waals surface area contributed by atoms with Gasteiger partial charge in [0.25, 0.3) is 5.91 Å². The fourth-order valence-electron chi connectivity index (χ4n) is 0.655. The largest absolute Gasteiger partial charge is 0.465 e. The van der Waals surface area contributed by atoms with E-state index in [1.165, 1.54) is 12.4 Å². The van der Waals surface area contributed by atoms with Crippen LogP contribution in [0.5, 0.6) is 0 Å². The van der Waals surface area contributed by atoms with Crippen LogP contribution in [0.2, 0.25) is 0 Å². The van der Waals surface area contributed by atoms with Crippen molar-refractivity contribution in [3.63, 3.8) is 0 Å². The Bertz CT molecular complexity index is 336. The van der Waals surface area contributed by atoms with Gasteiger partial charge in [-0.15, -0.1) is 11.3 Å². The van der Waals surface area contributed by atoms with Crippen molar-refractivity contribution in [3.8, 4) is 0 Å². The van der Waals surface area contributed by atoms with Gasteiger partial charge in [-0.1, -0.05) is 0 Å². The van der Waals surface area contributed by atoms with Gasteiger partial charge >= 0.3 is 6.09 Å². The Morgan fingerprint density at radius 2 is 2.31 bits per heavy atom. The quantitative estimate of drug-likeness (QED) is 0.653. The third kappa shape index (κ3) is 2.41. The standard InChI is InChI=1S/C6H7N3O3S/c1-7-4(10)3-2-13-5(8-3)9-6(11)12/h2H,1H3,(H,7,10)(H,8,9)(H,11,12). The molecule has 13 heavy (non-hydrogen) atoms. The van der Waals surface area contributed by atoms with Crippen molar-refractivity contribution in [1.82, 2.24) is 10.3 Å². The number of carbonyl (C=O) groups excluding carboxylic acids is 1. The van der Waals surface area contributed by atoms with Gasteiger partial charge in [-0.25, -0.2) is 9.78 Å². The molecule has 0 saturated heterocycles. The average molecular weight is 201 g/mol. The fourth-order valence-corrected chi connectivity index (χ4v) is 1.34. The summed E-state index contributed by atoms with van der Waals surface area (Å²) in [5, 5.41) is 14.4. The molecule has 0 bridgehead atoms. The minimum Gasteiger partial charge on any atom is -0.465 e. The molecular formula is C6H7N3O3S. The summed E-state index contributed by atoms with van der Waals surface area (Å²) < 4.78 is 0. The molecule has 0 aliphatic heterocycles. The minimum absolute atomic E-state index is 0.186. The van der Waals surface area contributed by atoms with E-state index >= 15 is 0 Å². The summed E-state index contributed by atoms with van der Waals surface area (Å²) in [5.74, 6) is -0.338. The molecule has 0 atom stereocenters. The van der Waals surface area contributed by atoms with Crippen LogP contribution < -0.4 is 10.6 Å². The van der Waals surface area contributed by atoms with Crippen molar-refractivity contribution in [2.75, 3.05) is 12.4 Å². The van der Waals surface area contributed by atoms with E-state index in [0.29, 0.717) is 0 Å². The predicted octanol–water partition coefficient (Wildman–Crippen LogP) is 0.593. The third-order valence-corrected chi connectivity index (χ3v) is 1.94. The number of hydrogen-bond acceptors (Lipinski definition) is 4. The van der Waals surface area contributed by atoms with Gasteiger partial charge in [0.2, 0.25) is 0 Å². The van der Waals surface area contributed by atoms with Gasteiger partial charge in [-0.3, -0.25) is 10.1 Å². The molecule has 3 N–H and O–H groups in total. The fraction of sp³-hybridized carbons (Fsp3) is 0.167. The lowest BCUT2D eigenvalue weighted by atomic mass is 10.5. The van der Waals surface area contributed by atoms with Gasteiger partial charge in [0.05, 0.1) is 0 Å². The zero-order chi connectivity index (χ0) is 9.84. The molecule has 1 heterocycles. The minimum atomic E-state index is -1.20. The van der Waals surface area contributed by atoms with E-state index in [1.54, 1.807) is 0 Å². The molecule has 0 spiro atoms. The normalized spacial score (nSPS) is 9.31. The third-order valence-electron chi connectivity index (χ3n) is 1.18. The number of nitrogens with zero attached hydrogens (tertiary/aromatic N) is 1. The van der Waals surface area contributed by atoms with E-state index in [9.17, 15) is 9.59 Å². The Morgan fingerprint density at radius 3 is 2.85 bits per heavy atom. The highest BCUT2D eigenvalue weighted by molar-refractivity contribution is 7.14. The molecule has 0 radical (unpaired) electrons. The molecule has 0 aliphatic rings. The number of hydrogen-bond donors (Lipinski definition) is 3. The van der Waals surface area contributed by atoms with Crippen molar-refractivity contribution in [2.45, 2.75) is 0 Å². The maximum Gasteiger partial charge on any atom is 0.410 e. The summed E-state index contributed by atoms with van der Waals surface area (Å²) in [6.07, 6.45) is -1.20. The van der Waals surface area contributed by atoms with Gasteiger partial charge < -0.3 is 10.4 Å². The highest BCUT2D eigenvalue weighted by atomic mass is 32.1. The Morgan fingerprint density at radius 1 is 1.62 bits per heavy atom. The second-order valence-corrected chi connectivity index (χ2v) is 2.91. The Kier molecular flexibility index (Phi) is 2.80. The number of anilines is 1. The number of rotatable bonds is 2. The zero-order valence-corrected chi connectivity index (χ0v) is 7.51. The summed E-state index contributed by atoms with van der Waals surface area (Å²) >= 11 is 1.06. The number of nitrogens with one attached hydrogen (secondary N) is 2. The van der Waals surface area contributed by atoms with Crippen LogP contribution in [0.4, 0.5) is 9.93 Å². The second-order valence-electron chi connectivity index (χ2n) is 2.05. The van der Waals surface area contributed by atoms with Crippen LogP contribution in [0.25, 0.3) is 0 Å². The first kappa shape index (κ1) is 9.46. The number of amides is 2. The Hall–Kier alpha value is -1.63. The Balaban J connectivity index is 2.74. The monoisotopic (exact) mass is 201 g/mol. The number of aromatic nitrogens is 1. The van der Waals surface area contributed by atoms with Gasteiger partial charge in [0.15, 0.2) is 5.13 Å². The average Bonchev–Trinajstić information content (AvgIpc) is 2.50. The van der Waals surface area contributed by atoms with E-state index in [4.69, 9.17) is 5.11 Å². The lowest BCUT2D eigenvalue weighted by Crippen LogP contribution is -2.18. The molecule has 0 unspecified atom stereocenters. The lowest BCUT2D eigenvalue weighted by molar-refractivity contribution is 0.0959. The highest BCUT2D eigenvalue weighted by Gasteiger charge is 2.09. The van der Waals surface area contributed by atoms with Crippen LogP contribution >= 0.6 is 11.3 Å². The van der Waals surface area contributed by atoms with Crippen LogP contribution in [0.1, 0.15) is 10.5 Å². The van der Waals surface area contributed by atoms with E-state index in [0.717, 1.165) is 11.3 Å². The number of carbonyl (C=O) groups is 2. The maximum atomic E-state index is 11.0. The number of carboxylic acid groups (broad SMARTS) is 1. The predicted molar refractivity (Wildman–Crippen MR) is 47.2 cm³/mol. The zero-order valence-electron chi connectivity index (χ0n) is 6.70. The van der Waals surface area contributed by atoms with Crippen LogP contribution in [0.3, 0.4) is 0 Å². The molecule has 0 fully saturated rings. The van der Waals surface area contributed by atoms with Crippen LogP contribution in [0, 0.1) is 0 Å². The first-order chi connectivity index (χ1) is 6.13. The van der Waals surface area contributed by atoms with Crippen molar-refractivity contribution in [2.24, 2.45) is 0 Å². The first-order valence-corrected chi connectivity index (χ1v) is 4.19. The van der Waals surface area contributed by atoms with Crippen molar-refractivity contribution < 1.29 is 14.7 Å². The number of thiazole rings is 1. The van der Waals surface area contributed by atoms with Crippen LogP contribution in [-0.2, 0) is 0 Å². The second kappa shape index (κ2) is 3.85. The molecule has 7 heteroatoms. The van der Waals surface area contributed by atoms with Gasteiger partial charge in [-0.2, -0.15) is 0 Å². The molecule has 1 aromatic heterocycles. The molecule has 70 valence electrons. The summed E-state index contributed by atoms with van der Waals surface area (Å²) in [6.45, 7) is 0. The molecule has 1 aromatic rings. The van der Waals surface area contributed by atoms with Crippen molar-refractivity contribution in [3.05, 3.63) is 11.1 Å². The van der Waals surface area contributed by atoms with Gasteiger partial charge in [0, 0.05) is 12.4 Å². The summed E-state index contributed by atoms with van der Waals surface area (Å²) in [5.41, 5.74) is 0.205. The smallest absolute Gasteiger partial charge is 0.410 e. The first-order valence-electron chi connectivity index (χ1n) is 3.31. The molecule has 2 amide bonds. The van der Waals surface area contributed by atoms with Crippen LogP contribution in [-0.4, -0.2) is 29.1 Å². The molecule has 0 aromatic carbocycles. The molecule has 0 saturated carbocycles. The lowest BCUT2D eigenvalue weighted by Gasteiger charge is -1.93. The summed E-state index contributed by atoms with van der Waals surface area (Å²) in [4.78, 5) is 24.9. The SMILES string of the molecule is CNC(=O)c1csc(NC(=O)O)n1. The molecular weight excluding hydrogens is 194 g/mol. The Labute approximate surface area is 77.6 Å². The van der Waals surface area contributed by atoms with E-state index < -0.39 is 6.09 Å². The van der Waals surface area contributed by atoms with Crippen molar-refractivity contribution >= 4 is 28.5 Å². The van der Waals surface area contributed by atoms with Gasteiger partial charge in [0.1, 0.15) is 5.69 Å². The van der Waals surface area contributed by atoms with Gasteiger partial charge in [-0.05, 0) is 0 Å². The maximum absolute atomic E-state index is 11.0.